The number of aromatic nitrogens is 1. The normalized spacial score (nSPS) is 11.2. The van der Waals surface area contributed by atoms with Crippen LogP contribution in [0.4, 0.5) is 11.4 Å². The summed E-state index contributed by atoms with van der Waals surface area (Å²) in [6.45, 7) is 5.44. The average molecular weight is 317 g/mol. The molecule has 1 aromatic carbocycles. The molecule has 21 heavy (non-hydrogen) atoms. The van der Waals surface area contributed by atoms with Crippen LogP contribution in [-0.4, -0.2) is 11.5 Å². The van der Waals surface area contributed by atoms with Crippen LogP contribution in [0.25, 0.3) is 10.1 Å². The van der Waals surface area contributed by atoms with Crippen molar-refractivity contribution in [3.63, 3.8) is 0 Å². The molecular weight excluding hydrogens is 300 g/mol. The molecule has 3 rings (SSSR count). The van der Waals surface area contributed by atoms with E-state index in [1.807, 2.05) is 24.5 Å². The van der Waals surface area contributed by atoms with Gasteiger partial charge in [0.05, 0.1) is 5.69 Å². The fourth-order valence-corrected chi connectivity index (χ4v) is 3.65. The highest BCUT2D eigenvalue weighted by molar-refractivity contribution is 7.17. The zero-order chi connectivity index (χ0) is 14.8. The summed E-state index contributed by atoms with van der Waals surface area (Å²) < 4.78 is 1.22. The number of nitrogens with zero attached hydrogens (tertiary/aromatic N) is 2. The lowest BCUT2D eigenvalue weighted by atomic mass is 10.1. The molecule has 4 heteroatoms. The highest BCUT2D eigenvalue weighted by Gasteiger charge is 2.15. The van der Waals surface area contributed by atoms with Crippen molar-refractivity contribution >= 4 is 44.4 Å². The lowest BCUT2D eigenvalue weighted by molar-refractivity contribution is 0.652. The summed E-state index contributed by atoms with van der Waals surface area (Å²) in [6.07, 6.45) is 3.68. The molecule has 0 amide bonds. The Morgan fingerprint density at radius 1 is 1.19 bits per heavy atom. The van der Waals surface area contributed by atoms with Gasteiger partial charge >= 0.3 is 0 Å². The van der Waals surface area contributed by atoms with Gasteiger partial charge in [-0.2, -0.15) is 0 Å². The second-order valence-electron chi connectivity index (χ2n) is 5.47. The quantitative estimate of drug-likeness (QED) is 0.609. The lowest BCUT2D eigenvalue weighted by Gasteiger charge is -2.26. The van der Waals surface area contributed by atoms with Crippen LogP contribution in [0, 0.1) is 5.92 Å². The Bertz CT molecular complexity index is 737. The number of benzene rings is 1. The number of pyridine rings is 1. The molecular formula is C17H17ClN2S. The predicted octanol–water partition coefficient (Wildman–Crippen LogP) is 5.74. The van der Waals surface area contributed by atoms with E-state index in [1.54, 1.807) is 11.3 Å². The van der Waals surface area contributed by atoms with Crippen molar-refractivity contribution in [1.29, 1.82) is 0 Å². The van der Waals surface area contributed by atoms with Crippen LogP contribution in [-0.2, 0) is 0 Å². The van der Waals surface area contributed by atoms with Crippen LogP contribution in [0.15, 0.2) is 48.1 Å². The molecule has 0 saturated heterocycles. The molecule has 0 radical (unpaired) electrons. The fraction of sp³-hybridized carbons (Fsp3) is 0.235. The van der Waals surface area contributed by atoms with Gasteiger partial charge in [0.15, 0.2) is 0 Å². The summed E-state index contributed by atoms with van der Waals surface area (Å²) in [6, 6.07) is 10.2. The van der Waals surface area contributed by atoms with Crippen molar-refractivity contribution in [2.75, 3.05) is 11.4 Å². The predicted molar refractivity (Wildman–Crippen MR) is 92.9 cm³/mol. The van der Waals surface area contributed by atoms with Crippen molar-refractivity contribution in [2.24, 2.45) is 5.92 Å². The Kier molecular flexibility index (Phi) is 4.13. The van der Waals surface area contributed by atoms with Crippen molar-refractivity contribution in [3.8, 4) is 0 Å². The second-order valence-corrected chi connectivity index (χ2v) is 6.82. The van der Waals surface area contributed by atoms with Crippen LogP contribution < -0.4 is 4.90 Å². The third-order valence-electron chi connectivity index (χ3n) is 3.33. The van der Waals surface area contributed by atoms with Gasteiger partial charge in [-0.15, -0.1) is 11.3 Å². The number of fused-ring (bicyclic) bond motifs is 1. The highest BCUT2D eigenvalue weighted by Crippen LogP contribution is 2.38. The van der Waals surface area contributed by atoms with Gasteiger partial charge in [-0.25, -0.2) is 0 Å². The molecule has 0 N–H and O–H groups in total. The van der Waals surface area contributed by atoms with Gasteiger partial charge in [-0.1, -0.05) is 25.4 Å². The molecule has 0 bridgehead atoms. The zero-order valence-corrected chi connectivity index (χ0v) is 13.7. The maximum atomic E-state index is 6.09. The molecule has 2 aromatic heterocycles. The SMILES string of the molecule is CC(C)CN(c1ccncc1)c1csc2cc(Cl)ccc12. The number of anilines is 2. The van der Waals surface area contributed by atoms with E-state index in [1.165, 1.54) is 21.5 Å². The minimum absolute atomic E-state index is 0.570. The molecule has 0 spiro atoms. The Morgan fingerprint density at radius 3 is 2.67 bits per heavy atom. The Labute approximate surface area is 134 Å². The topological polar surface area (TPSA) is 16.1 Å². The van der Waals surface area contributed by atoms with Gasteiger partial charge in [0.2, 0.25) is 0 Å². The Hall–Kier alpha value is -1.58. The molecule has 0 aliphatic carbocycles. The molecule has 0 fully saturated rings. The maximum Gasteiger partial charge on any atom is 0.0599 e. The molecule has 108 valence electrons. The van der Waals surface area contributed by atoms with E-state index in [2.05, 4.69) is 47.3 Å². The van der Waals surface area contributed by atoms with Crippen molar-refractivity contribution in [1.82, 2.24) is 4.98 Å². The highest BCUT2D eigenvalue weighted by atomic mass is 35.5. The van der Waals surface area contributed by atoms with Crippen LogP contribution in [0.5, 0.6) is 0 Å². The molecule has 2 heterocycles. The van der Waals surface area contributed by atoms with Crippen LogP contribution in [0.1, 0.15) is 13.8 Å². The van der Waals surface area contributed by atoms with Gasteiger partial charge < -0.3 is 4.90 Å². The van der Waals surface area contributed by atoms with E-state index < -0.39 is 0 Å². The van der Waals surface area contributed by atoms with E-state index >= 15 is 0 Å². The fourth-order valence-electron chi connectivity index (χ4n) is 2.43. The summed E-state index contributed by atoms with van der Waals surface area (Å²) in [5.74, 6) is 0.570. The first kappa shape index (κ1) is 14.4. The maximum absolute atomic E-state index is 6.09. The van der Waals surface area contributed by atoms with E-state index in [9.17, 15) is 0 Å². The van der Waals surface area contributed by atoms with Crippen molar-refractivity contribution in [3.05, 3.63) is 53.1 Å². The monoisotopic (exact) mass is 316 g/mol. The Morgan fingerprint density at radius 2 is 1.95 bits per heavy atom. The summed E-state index contributed by atoms with van der Waals surface area (Å²) in [5, 5.41) is 4.25. The van der Waals surface area contributed by atoms with Gasteiger partial charge in [-0.05, 0) is 36.2 Å². The largest absolute Gasteiger partial charge is 0.340 e. The van der Waals surface area contributed by atoms with Crippen molar-refractivity contribution < 1.29 is 0 Å². The molecule has 3 aromatic rings. The lowest BCUT2D eigenvalue weighted by Crippen LogP contribution is -2.22. The van der Waals surface area contributed by atoms with Crippen LogP contribution in [0.2, 0.25) is 5.02 Å². The number of thiophene rings is 1. The molecule has 0 aliphatic rings. The summed E-state index contributed by atoms with van der Waals surface area (Å²) >= 11 is 7.83. The molecule has 0 saturated carbocycles. The summed E-state index contributed by atoms with van der Waals surface area (Å²) in [7, 11) is 0. The van der Waals surface area contributed by atoms with Crippen molar-refractivity contribution in [2.45, 2.75) is 13.8 Å². The first-order valence-corrected chi connectivity index (χ1v) is 8.25. The van der Waals surface area contributed by atoms with Gasteiger partial charge in [0.1, 0.15) is 0 Å². The zero-order valence-electron chi connectivity index (χ0n) is 12.1. The van der Waals surface area contributed by atoms with Crippen LogP contribution in [0.3, 0.4) is 0 Å². The van der Waals surface area contributed by atoms with E-state index in [-0.39, 0.29) is 0 Å². The van der Waals surface area contributed by atoms with E-state index in [0.29, 0.717) is 5.92 Å². The molecule has 2 nitrogen and oxygen atoms in total. The first-order valence-electron chi connectivity index (χ1n) is 6.99. The number of hydrogen-bond acceptors (Lipinski definition) is 3. The van der Waals surface area contributed by atoms with Gasteiger partial charge in [0, 0.05) is 45.1 Å². The minimum atomic E-state index is 0.570. The number of halogens is 1. The molecule has 0 atom stereocenters. The minimum Gasteiger partial charge on any atom is -0.340 e. The van der Waals surface area contributed by atoms with E-state index in [4.69, 9.17) is 11.6 Å². The number of rotatable bonds is 4. The van der Waals surface area contributed by atoms with E-state index in [0.717, 1.165) is 11.6 Å². The standard InChI is InChI=1S/C17H17ClN2S/c1-12(2)10-20(14-5-7-19-8-6-14)16-11-21-17-9-13(18)3-4-15(16)17/h3-9,11-12H,10H2,1-2H3. The first-order chi connectivity index (χ1) is 10.1. The summed E-state index contributed by atoms with van der Waals surface area (Å²) in [4.78, 5) is 6.48. The third-order valence-corrected chi connectivity index (χ3v) is 4.50. The second kappa shape index (κ2) is 6.04. The Balaban J connectivity index is 2.10. The van der Waals surface area contributed by atoms with Gasteiger partial charge in [0.25, 0.3) is 0 Å². The summed E-state index contributed by atoms with van der Waals surface area (Å²) in [5.41, 5.74) is 2.42. The molecule has 0 unspecified atom stereocenters. The number of hydrogen-bond donors (Lipinski definition) is 0. The third kappa shape index (κ3) is 3.04. The van der Waals surface area contributed by atoms with Gasteiger partial charge in [-0.3, -0.25) is 4.98 Å². The average Bonchev–Trinajstić information content (AvgIpc) is 2.88. The molecule has 0 aliphatic heterocycles. The van der Waals surface area contributed by atoms with Crippen LogP contribution >= 0.6 is 22.9 Å². The smallest absolute Gasteiger partial charge is 0.0599 e.